The van der Waals surface area contributed by atoms with Crippen LogP contribution in [-0.4, -0.2) is 33.7 Å². The van der Waals surface area contributed by atoms with Crippen molar-refractivity contribution < 1.29 is 12.8 Å². The van der Waals surface area contributed by atoms with Gasteiger partial charge in [0.05, 0.1) is 12.3 Å². The van der Waals surface area contributed by atoms with Gasteiger partial charge in [-0.15, -0.1) is 24.0 Å². The van der Waals surface area contributed by atoms with E-state index in [1.807, 2.05) is 13.0 Å². The number of unbranched alkanes of at least 4 members (excludes halogenated alkanes) is 2. The van der Waals surface area contributed by atoms with Crippen molar-refractivity contribution in [1.82, 2.24) is 10.6 Å². The molecule has 0 aromatic heterocycles. The molecule has 0 saturated heterocycles. The summed E-state index contributed by atoms with van der Waals surface area (Å²) < 4.78 is 37.0. The number of benzene rings is 2. The minimum Gasteiger partial charge on any atom is -0.357 e. The predicted octanol–water partition coefficient (Wildman–Crippen LogP) is 4.46. The summed E-state index contributed by atoms with van der Waals surface area (Å²) in [5.74, 6) is 0.132. The van der Waals surface area contributed by atoms with E-state index in [1.54, 1.807) is 0 Å². The van der Waals surface area contributed by atoms with Crippen LogP contribution < -0.4 is 10.6 Å². The zero-order valence-corrected chi connectivity index (χ0v) is 21.4. The van der Waals surface area contributed by atoms with E-state index in [0.717, 1.165) is 32.2 Å². The third kappa shape index (κ3) is 11.5. The Morgan fingerprint density at radius 3 is 2.42 bits per heavy atom. The van der Waals surface area contributed by atoms with E-state index >= 15 is 0 Å². The summed E-state index contributed by atoms with van der Waals surface area (Å²) in [5, 5.41) is 6.48. The minimum absolute atomic E-state index is 0. The van der Waals surface area contributed by atoms with Crippen molar-refractivity contribution in [3.63, 3.8) is 0 Å². The first-order chi connectivity index (χ1) is 14.4. The van der Waals surface area contributed by atoms with Gasteiger partial charge in [-0.2, -0.15) is 0 Å². The lowest BCUT2D eigenvalue weighted by molar-refractivity contribution is 0.600. The van der Waals surface area contributed by atoms with E-state index < -0.39 is 15.7 Å². The standard InChI is InChI=1S/C23H32FN3O2S.HI/c1-3-25-23(26-15-9-5-8-12-19-10-6-4-7-11-19)27-17-21-16-22(24)14-13-20(21)18-30(2,28)29;/h4,6-7,10-11,13-14,16H,3,5,8-9,12,15,17-18H2,1-2H3,(H2,25,26,27);1H. The molecular formula is C23H33FIN3O2S. The Balaban J connectivity index is 0.00000480. The fraction of sp³-hybridized carbons (Fsp3) is 0.435. The molecule has 0 aliphatic carbocycles. The van der Waals surface area contributed by atoms with Crippen molar-refractivity contribution in [1.29, 1.82) is 0 Å². The first kappa shape index (κ1) is 27.4. The van der Waals surface area contributed by atoms with Crippen LogP contribution in [0.5, 0.6) is 0 Å². The number of guanidine groups is 1. The van der Waals surface area contributed by atoms with Crippen LogP contribution in [0.2, 0.25) is 0 Å². The van der Waals surface area contributed by atoms with Gasteiger partial charge in [-0.3, -0.25) is 0 Å². The maximum Gasteiger partial charge on any atom is 0.191 e. The van der Waals surface area contributed by atoms with Gasteiger partial charge in [-0.25, -0.2) is 17.8 Å². The van der Waals surface area contributed by atoms with Gasteiger partial charge in [0.15, 0.2) is 15.8 Å². The Kier molecular flexibility index (Phi) is 12.7. The second-order valence-electron chi connectivity index (χ2n) is 7.40. The topological polar surface area (TPSA) is 70.6 Å². The summed E-state index contributed by atoms with van der Waals surface area (Å²) in [6.07, 6.45) is 5.53. The molecule has 172 valence electrons. The monoisotopic (exact) mass is 561 g/mol. The van der Waals surface area contributed by atoms with Crippen LogP contribution in [0.1, 0.15) is 42.9 Å². The van der Waals surface area contributed by atoms with E-state index in [-0.39, 0.29) is 36.3 Å². The van der Waals surface area contributed by atoms with E-state index in [4.69, 9.17) is 0 Å². The van der Waals surface area contributed by atoms with Crippen LogP contribution in [-0.2, 0) is 28.6 Å². The fourth-order valence-electron chi connectivity index (χ4n) is 3.15. The van der Waals surface area contributed by atoms with Crippen LogP contribution in [0, 0.1) is 5.82 Å². The van der Waals surface area contributed by atoms with Gasteiger partial charge in [0, 0.05) is 19.3 Å². The van der Waals surface area contributed by atoms with E-state index in [0.29, 0.717) is 23.6 Å². The normalized spacial score (nSPS) is 11.6. The quantitative estimate of drug-likeness (QED) is 0.184. The Labute approximate surface area is 202 Å². The number of aryl methyl sites for hydroxylation is 1. The zero-order valence-electron chi connectivity index (χ0n) is 18.2. The van der Waals surface area contributed by atoms with Crippen LogP contribution in [0.3, 0.4) is 0 Å². The predicted molar refractivity (Wildman–Crippen MR) is 137 cm³/mol. The first-order valence-corrected chi connectivity index (χ1v) is 12.4. The Morgan fingerprint density at radius 1 is 1.00 bits per heavy atom. The zero-order chi connectivity index (χ0) is 21.8. The second-order valence-corrected chi connectivity index (χ2v) is 9.54. The third-order valence-electron chi connectivity index (χ3n) is 4.62. The molecule has 5 nitrogen and oxygen atoms in total. The Hall–Kier alpha value is -1.68. The van der Waals surface area contributed by atoms with Crippen molar-refractivity contribution in [2.45, 2.75) is 44.9 Å². The molecule has 8 heteroatoms. The van der Waals surface area contributed by atoms with E-state index in [2.05, 4.69) is 39.9 Å². The van der Waals surface area contributed by atoms with Gasteiger partial charge in [0.1, 0.15) is 5.82 Å². The molecule has 0 saturated carbocycles. The Morgan fingerprint density at radius 2 is 1.74 bits per heavy atom. The highest BCUT2D eigenvalue weighted by Gasteiger charge is 2.10. The molecule has 0 atom stereocenters. The molecule has 2 aromatic carbocycles. The van der Waals surface area contributed by atoms with E-state index in [9.17, 15) is 12.8 Å². The molecule has 0 unspecified atom stereocenters. The summed E-state index contributed by atoms with van der Waals surface area (Å²) >= 11 is 0. The van der Waals surface area contributed by atoms with Gasteiger partial charge < -0.3 is 10.6 Å². The average molecular weight is 562 g/mol. The molecule has 2 N–H and O–H groups in total. The molecular weight excluding hydrogens is 528 g/mol. The number of rotatable bonds is 11. The van der Waals surface area contributed by atoms with Gasteiger partial charge in [-0.1, -0.05) is 42.8 Å². The molecule has 0 aliphatic heterocycles. The molecule has 31 heavy (non-hydrogen) atoms. The van der Waals surface area contributed by atoms with Crippen molar-refractivity contribution in [2.24, 2.45) is 4.99 Å². The van der Waals surface area contributed by atoms with Gasteiger partial charge in [0.2, 0.25) is 0 Å². The third-order valence-corrected chi connectivity index (χ3v) is 5.45. The first-order valence-electron chi connectivity index (χ1n) is 10.4. The van der Waals surface area contributed by atoms with Crippen LogP contribution in [0.25, 0.3) is 0 Å². The maximum absolute atomic E-state index is 13.7. The van der Waals surface area contributed by atoms with Crippen molar-refractivity contribution in [3.8, 4) is 0 Å². The smallest absolute Gasteiger partial charge is 0.191 e. The lowest BCUT2D eigenvalue weighted by Gasteiger charge is -2.12. The number of aliphatic imine (C=N–C) groups is 1. The summed E-state index contributed by atoms with van der Waals surface area (Å²) in [6.45, 7) is 3.69. The number of halogens is 2. The molecule has 0 fully saturated rings. The van der Waals surface area contributed by atoms with Crippen molar-refractivity contribution in [2.75, 3.05) is 19.3 Å². The summed E-state index contributed by atoms with van der Waals surface area (Å²) in [6, 6.07) is 14.6. The van der Waals surface area contributed by atoms with Crippen LogP contribution in [0.4, 0.5) is 4.39 Å². The van der Waals surface area contributed by atoms with E-state index in [1.165, 1.54) is 30.0 Å². The summed E-state index contributed by atoms with van der Waals surface area (Å²) in [4.78, 5) is 4.51. The fourth-order valence-corrected chi connectivity index (χ4v) is 4.00. The van der Waals surface area contributed by atoms with Crippen molar-refractivity contribution in [3.05, 3.63) is 71.0 Å². The largest absolute Gasteiger partial charge is 0.357 e. The van der Waals surface area contributed by atoms with Gasteiger partial charge in [0.25, 0.3) is 0 Å². The lowest BCUT2D eigenvalue weighted by atomic mass is 10.1. The highest BCUT2D eigenvalue weighted by molar-refractivity contribution is 14.0. The highest BCUT2D eigenvalue weighted by atomic mass is 127. The number of hydrogen-bond donors (Lipinski definition) is 2. The number of nitrogens with one attached hydrogen (secondary N) is 2. The Bertz CT molecular complexity index is 922. The van der Waals surface area contributed by atoms with Crippen LogP contribution >= 0.6 is 24.0 Å². The number of sulfone groups is 1. The molecule has 0 radical (unpaired) electrons. The number of nitrogens with zero attached hydrogens (tertiary/aromatic N) is 1. The second kappa shape index (κ2) is 14.4. The number of hydrogen-bond acceptors (Lipinski definition) is 3. The highest BCUT2D eigenvalue weighted by Crippen LogP contribution is 2.15. The SMILES string of the molecule is CCNC(=NCc1cc(F)ccc1CS(C)(=O)=O)NCCCCCc1ccccc1.I. The summed E-state index contributed by atoms with van der Waals surface area (Å²) in [7, 11) is -3.21. The molecule has 0 amide bonds. The molecule has 0 aliphatic rings. The summed E-state index contributed by atoms with van der Waals surface area (Å²) in [5.41, 5.74) is 2.53. The lowest BCUT2D eigenvalue weighted by Crippen LogP contribution is -2.37. The van der Waals surface area contributed by atoms with Crippen LogP contribution in [0.15, 0.2) is 53.5 Å². The molecule has 0 bridgehead atoms. The maximum atomic E-state index is 13.7. The van der Waals surface area contributed by atoms with Gasteiger partial charge in [-0.05, 0) is 55.0 Å². The van der Waals surface area contributed by atoms with Gasteiger partial charge >= 0.3 is 0 Å². The minimum atomic E-state index is -3.21. The molecule has 0 spiro atoms. The molecule has 2 aromatic rings. The average Bonchev–Trinajstić information content (AvgIpc) is 2.70. The molecule has 2 rings (SSSR count). The molecule has 0 heterocycles. The van der Waals surface area contributed by atoms with Crippen molar-refractivity contribution >= 4 is 39.8 Å².